The first kappa shape index (κ1) is 10.6. The quantitative estimate of drug-likeness (QED) is 0.674. The van der Waals surface area contributed by atoms with E-state index in [2.05, 4.69) is 11.3 Å². The molecule has 0 amide bonds. The average molecular weight is 206 g/mol. The highest BCUT2D eigenvalue weighted by Gasteiger charge is 2.31. The van der Waals surface area contributed by atoms with Crippen LogP contribution in [-0.2, 0) is 0 Å². The standard InChI is InChI=1S/C9H6F4O/c1-2-6-3-7(10)5-8(4-6)14-9(11,12)13/h2-5H,1H2. The second kappa shape index (κ2) is 3.69. The molecule has 0 unspecified atom stereocenters. The first-order valence-electron chi connectivity index (χ1n) is 3.59. The lowest BCUT2D eigenvalue weighted by atomic mass is 10.2. The van der Waals surface area contributed by atoms with E-state index in [1.807, 2.05) is 0 Å². The summed E-state index contributed by atoms with van der Waals surface area (Å²) in [6.07, 6.45) is -3.58. The predicted octanol–water partition coefficient (Wildman–Crippen LogP) is 3.37. The van der Waals surface area contributed by atoms with Crippen LogP contribution in [0.1, 0.15) is 5.56 Å². The van der Waals surface area contributed by atoms with Gasteiger partial charge in [-0.1, -0.05) is 12.7 Å². The van der Waals surface area contributed by atoms with Gasteiger partial charge in [0.1, 0.15) is 11.6 Å². The number of ether oxygens (including phenoxy) is 1. The molecule has 0 aromatic heterocycles. The number of rotatable bonds is 2. The summed E-state index contributed by atoms with van der Waals surface area (Å²) in [4.78, 5) is 0. The van der Waals surface area contributed by atoms with Crippen molar-refractivity contribution in [2.24, 2.45) is 0 Å². The number of hydrogen-bond acceptors (Lipinski definition) is 1. The Bertz CT molecular complexity index is 343. The van der Waals surface area contributed by atoms with Gasteiger partial charge in [0.25, 0.3) is 0 Å². The van der Waals surface area contributed by atoms with Crippen molar-refractivity contribution in [3.05, 3.63) is 36.2 Å². The third-order valence-electron chi connectivity index (χ3n) is 1.36. The Labute approximate surface area is 77.6 Å². The second-order valence-electron chi connectivity index (χ2n) is 2.47. The van der Waals surface area contributed by atoms with Crippen LogP contribution in [0.3, 0.4) is 0 Å². The molecule has 76 valence electrons. The third kappa shape index (κ3) is 3.08. The van der Waals surface area contributed by atoms with Gasteiger partial charge in [-0.2, -0.15) is 0 Å². The van der Waals surface area contributed by atoms with E-state index in [0.717, 1.165) is 12.1 Å². The monoisotopic (exact) mass is 206 g/mol. The Balaban J connectivity index is 2.98. The van der Waals surface area contributed by atoms with Gasteiger partial charge in [0.2, 0.25) is 0 Å². The van der Waals surface area contributed by atoms with Crippen molar-refractivity contribution in [1.29, 1.82) is 0 Å². The lowest BCUT2D eigenvalue weighted by molar-refractivity contribution is -0.274. The van der Waals surface area contributed by atoms with Crippen molar-refractivity contribution in [3.8, 4) is 5.75 Å². The molecule has 14 heavy (non-hydrogen) atoms. The zero-order chi connectivity index (χ0) is 10.8. The van der Waals surface area contributed by atoms with Crippen LogP contribution in [0.25, 0.3) is 6.08 Å². The molecule has 0 spiro atoms. The van der Waals surface area contributed by atoms with E-state index in [9.17, 15) is 17.6 Å². The van der Waals surface area contributed by atoms with Gasteiger partial charge < -0.3 is 4.74 Å². The summed E-state index contributed by atoms with van der Waals surface area (Å²) in [5.74, 6) is -1.39. The first-order valence-corrected chi connectivity index (χ1v) is 3.59. The molecule has 0 aliphatic carbocycles. The summed E-state index contributed by atoms with van der Waals surface area (Å²) in [6, 6.07) is 2.75. The zero-order valence-corrected chi connectivity index (χ0v) is 6.94. The lowest BCUT2D eigenvalue weighted by Crippen LogP contribution is -2.17. The largest absolute Gasteiger partial charge is 0.573 e. The summed E-state index contributed by atoms with van der Waals surface area (Å²) < 4.78 is 51.4. The molecule has 1 aromatic rings. The molecule has 5 heteroatoms. The number of hydrogen-bond donors (Lipinski definition) is 0. The maximum absolute atomic E-state index is 12.7. The molecule has 0 radical (unpaired) electrons. The minimum absolute atomic E-state index is 0.226. The van der Waals surface area contributed by atoms with Gasteiger partial charge in [-0.3, -0.25) is 0 Å². The smallest absolute Gasteiger partial charge is 0.406 e. The van der Waals surface area contributed by atoms with Gasteiger partial charge >= 0.3 is 6.36 Å². The van der Waals surface area contributed by atoms with Gasteiger partial charge in [0, 0.05) is 6.07 Å². The SMILES string of the molecule is C=Cc1cc(F)cc(OC(F)(F)F)c1. The normalized spacial score (nSPS) is 11.1. The Hall–Kier alpha value is -1.52. The van der Waals surface area contributed by atoms with E-state index in [4.69, 9.17) is 0 Å². The molecule has 0 saturated heterocycles. The fraction of sp³-hybridized carbons (Fsp3) is 0.111. The summed E-state index contributed by atoms with van der Waals surface area (Å²) in [5, 5.41) is 0. The molecule has 1 nitrogen and oxygen atoms in total. The topological polar surface area (TPSA) is 9.23 Å². The Morgan fingerprint density at radius 1 is 1.21 bits per heavy atom. The summed E-state index contributed by atoms with van der Waals surface area (Å²) in [7, 11) is 0. The maximum Gasteiger partial charge on any atom is 0.573 e. The predicted molar refractivity (Wildman–Crippen MR) is 43.2 cm³/mol. The second-order valence-corrected chi connectivity index (χ2v) is 2.47. The van der Waals surface area contributed by atoms with Crippen LogP contribution >= 0.6 is 0 Å². The molecule has 0 aliphatic heterocycles. The van der Waals surface area contributed by atoms with Gasteiger partial charge in [-0.05, 0) is 17.7 Å². The van der Waals surface area contributed by atoms with Crippen molar-refractivity contribution >= 4 is 6.08 Å². The summed E-state index contributed by atoms with van der Waals surface area (Å²) in [6.45, 7) is 3.31. The fourth-order valence-electron chi connectivity index (χ4n) is 0.895. The molecule has 0 aliphatic rings. The minimum Gasteiger partial charge on any atom is -0.406 e. The van der Waals surface area contributed by atoms with Crippen LogP contribution in [0, 0.1) is 5.82 Å². The van der Waals surface area contributed by atoms with E-state index in [1.54, 1.807) is 0 Å². The van der Waals surface area contributed by atoms with E-state index < -0.39 is 17.9 Å². The number of halogens is 4. The molecule has 0 saturated carbocycles. The molecular weight excluding hydrogens is 200 g/mol. The van der Waals surface area contributed by atoms with Gasteiger partial charge in [0.15, 0.2) is 0 Å². The molecule has 0 atom stereocenters. The van der Waals surface area contributed by atoms with Gasteiger partial charge in [0.05, 0.1) is 0 Å². The van der Waals surface area contributed by atoms with Gasteiger partial charge in [-0.15, -0.1) is 13.2 Å². The molecule has 0 fully saturated rings. The highest BCUT2D eigenvalue weighted by atomic mass is 19.4. The van der Waals surface area contributed by atoms with Crippen molar-refractivity contribution in [3.63, 3.8) is 0 Å². The molecule has 0 N–H and O–H groups in total. The molecule has 0 heterocycles. The van der Waals surface area contributed by atoms with Crippen molar-refractivity contribution in [2.75, 3.05) is 0 Å². The summed E-state index contributed by atoms with van der Waals surface area (Å²) >= 11 is 0. The summed E-state index contributed by atoms with van der Waals surface area (Å²) in [5.41, 5.74) is 0.226. The number of benzene rings is 1. The average Bonchev–Trinajstić information content (AvgIpc) is 1.99. The molecule has 1 aromatic carbocycles. The van der Waals surface area contributed by atoms with Crippen LogP contribution < -0.4 is 4.74 Å². The Morgan fingerprint density at radius 3 is 2.36 bits per heavy atom. The van der Waals surface area contributed by atoms with Crippen LogP contribution in [0.15, 0.2) is 24.8 Å². The lowest BCUT2D eigenvalue weighted by Gasteiger charge is -2.09. The minimum atomic E-state index is -4.81. The van der Waals surface area contributed by atoms with Crippen LogP contribution in [0.5, 0.6) is 5.75 Å². The highest BCUT2D eigenvalue weighted by Crippen LogP contribution is 2.24. The Morgan fingerprint density at radius 2 is 1.86 bits per heavy atom. The van der Waals surface area contributed by atoms with E-state index in [0.29, 0.717) is 6.07 Å². The third-order valence-corrected chi connectivity index (χ3v) is 1.36. The zero-order valence-electron chi connectivity index (χ0n) is 6.94. The van der Waals surface area contributed by atoms with Gasteiger partial charge in [-0.25, -0.2) is 4.39 Å². The molecule has 1 rings (SSSR count). The van der Waals surface area contributed by atoms with Crippen molar-refractivity contribution in [2.45, 2.75) is 6.36 Å². The Kier molecular flexibility index (Phi) is 2.78. The first-order chi connectivity index (χ1) is 6.40. The highest BCUT2D eigenvalue weighted by molar-refractivity contribution is 5.49. The molecular formula is C9H6F4O. The van der Waals surface area contributed by atoms with Crippen LogP contribution in [0.4, 0.5) is 17.6 Å². The van der Waals surface area contributed by atoms with E-state index in [-0.39, 0.29) is 5.56 Å². The van der Waals surface area contributed by atoms with Crippen LogP contribution in [-0.4, -0.2) is 6.36 Å². The molecule has 0 bridgehead atoms. The number of alkyl halides is 3. The van der Waals surface area contributed by atoms with Crippen LogP contribution in [0.2, 0.25) is 0 Å². The van der Waals surface area contributed by atoms with E-state index >= 15 is 0 Å². The van der Waals surface area contributed by atoms with Crippen molar-refractivity contribution in [1.82, 2.24) is 0 Å². The fourth-order valence-corrected chi connectivity index (χ4v) is 0.895. The maximum atomic E-state index is 12.7. The van der Waals surface area contributed by atoms with Crippen molar-refractivity contribution < 1.29 is 22.3 Å². The van der Waals surface area contributed by atoms with E-state index in [1.165, 1.54) is 6.08 Å².